The van der Waals surface area contributed by atoms with Gasteiger partial charge in [0.15, 0.2) is 0 Å². The topological polar surface area (TPSA) is 41.8 Å². The van der Waals surface area contributed by atoms with Crippen LogP contribution < -0.4 is 5.73 Å². The minimum absolute atomic E-state index is 0.735. The van der Waals surface area contributed by atoms with Crippen LogP contribution in [0.2, 0.25) is 5.02 Å². The summed E-state index contributed by atoms with van der Waals surface area (Å²) in [6.07, 6.45) is 3.14. The average molecular weight is 363 g/mol. The van der Waals surface area contributed by atoms with Crippen molar-refractivity contribution in [3.8, 4) is 11.3 Å². The molecule has 0 fully saturated rings. The second-order valence-electron chi connectivity index (χ2n) is 6.88. The van der Waals surface area contributed by atoms with E-state index >= 15 is 0 Å². The van der Waals surface area contributed by atoms with Crippen molar-refractivity contribution in [2.24, 2.45) is 5.73 Å². The molecule has 3 N–H and O–H groups in total. The summed E-state index contributed by atoms with van der Waals surface area (Å²) in [7, 11) is 0. The third-order valence-electron chi connectivity index (χ3n) is 5.19. The summed E-state index contributed by atoms with van der Waals surface area (Å²) in [5, 5.41) is 4.59. The smallest absolute Gasteiger partial charge is 0.0506 e. The van der Waals surface area contributed by atoms with Gasteiger partial charge < -0.3 is 10.7 Å². The van der Waals surface area contributed by atoms with Gasteiger partial charge in [0.25, 0.3) is 0 Å². The molecule has 26 heavy (non-hydrogen) atoms. The highest BCUT2D eigenvalue weighted by Crippen LogP contribution is 2.36. The molecule has 0 aliphatic carbocycles. The van der Waals surface area contributed by atoms with Gasteiger partial charge in [-0.05, 0) is 72.3 Å². The van der Waals surface area contributed by atoms with E-state index in [4.69, 9.17) is 17.3 Å². The zero-order chi connectivity index (χ0) is 18.1. The molecule has 0 aliphatic heterocycles. The highest BCUT2D eigenvalue weighted by molar-refractivity contribution is 6.32. The Morgan fingerprint density at radius 2 is 1.77 bits per heavy atom. The lowest BCUT2D eigenvalue weighted by Crippen LogP contribution is -1.99. The summed E-state index contributed by atoms with van der Waals surface area (Å²) in [5.41, 5.74) is 11.7. The van der Waals surface area contributed by atoms with Crippen molar-refractivity contribution in [3.63, 3.8) is 0 Å². The molecule has 3 aromatic carbocycles. The van der Waals surface area contributed by atoms with Crippen LogP contribution in [0, 0.1) is 6.92 Å². The predicted molar refractivity (Wildman–Crippen MR) is 113 cm³/mol. The van der Waals surface area contributed by atoms with E-state index in [1.807, 2.05) is 6.07 Å². The summed E-state index contributed by atoms with van der Waals surface area (Å²) in [6.45, 7) is 2.81. The molecule has 1 heterocycles. The van der Waals surface area contributed by atoms with Gasteiger partial charge in [-0.1, -0.05) is 54.1 Å². The fraction of sp³-hybridized carbons (Fsp3) is 0.217. The zero-order valence-corrected chi connectivity index (χ0v) is 15.7. The Balaban J connectivity index is 1.91. The molecule has 1 aromatic heterocycles. The number of aryl methyl sites for hydroxylation is 2. The van der Waals surface area contributed by atoms with Crippen LogP contribution in [0.4, 0.5) is 0 Å². The normalized spacial score (nSPS) is 11.5. The van der Waals surface area contributed by atoms with Crippen molar-refractivity contribution in [2.75, 3.05) is 6.54 Å². The Bertz CT molecular complexity index is 1080. The minimum Gasteiger partial charge on any atom is -0.354 e. The average Bonchev–Trinajstić information content (AvgIpc) is 3.04. The first-order valence-corrected chi connectivity index (χ1v) is 9.55. The molecule has 0 spiro atoms. The number of hydrogen-bond donors (Lipinski definition) is 2. The van der Waals surface area contributed by atoms with Gasteiger partial charge in [0, 0.05) is 16.1 Å². The van der Waals surface area contributed by atoms with E-state index < -0.39 is 0 Å². The van der Waals surface area contributed by atoms with Gasteiger partial charge in [0.1, 0.15) is 0 Å². The lowest BCUT2D eigenvalue weighted by atomic mass is 9.98. The van der Waals surface area contributed by atoms with Crippen LogP contribution in [-0.2, 0) is 6.42 Å². The molecule has 0 saturated carbocycles. The summed E-state index contributed by atoms with van der Waals surface area (Å²) in [4.78, 5) is 3.67. The molecule has 0 bridgehead atoms. The van der Waals surface area contributed by atoms with Crippen LogP contribution in [0.3, 0.4) is 0 Å². The standard InChI is InChI=1S/C23H23ClN2/c1-15-21(24)12-11-20-19(8-4-5-13-25)23(26-22(15)20)18-10-9-16-6-2-3-7-17(16)14-18/h2-3,6-7,9-12,14,26H,4-5,8,13,25H2,1H3. The minimum atomic E-state index is 0.735. The number of aromatic amines is 1. The fourth-order valence-electron chi connectivity index (χ4n) is 3.73. The van der Waals surface area contributed by atoms with Crippen LogP contribution in [0.5, 0.6) is 0 Å². The molecule has 132 valence electrons. The molecule has 2 nitrogen and oxygen atoms in total. The van der Waals surface area contributed by atoms with E-state index in [1.165, 1.54) is 33.0 Å². The van der Waals surface area contributed by atoms with Crippen molar-refractivity contribution in [2.45, 2.75) is 26.2 Å². The van der Waals surface area contributed by atoms with Gasteiger partial charge >= 0.3 is 0 Å². The zero-order valence-electron chi connectivity index (χ0n) is 15.0. The maximum absolute atomic E-state index is 6.36. The Kier molecular flexibility index (Phi) is 4.71. The number of rotatable bonds is 5. The quantitative estimate of drug-likeness (QED) is 0.406. The largest absolute Gasteiger partial charge is 0.354 e. The van der Waals surface area contributed by atoms with Crippen LogP contribution >= 0.6 is 11.6 Å². The van der Waals surface area contributed by atoms with Crippen molar-refractivity contribution in [1.82, 2.24) is 4.98 Å². The molecule has 0 aliphatic rings. The predicted octanol–water partition coefficient (Wildman–Crippen LogP) is 6.23. The fourth-order valence-corrected chi connectivity index (χ4v) is 3.89. The van der Waals surface area contributed by atoms with Gasteiger partial charge in [0.05, 0.1) is 5.52 Å². The monoisotopic (exact) mass is 362 g/mol. The first-order valence-electron chi connectivity index (χ1n) is 9.18. The van der Waals surface area contributed by atoms with Crippen LogP contribution in [-0.4, -0.2) is 11.5 Å². The third kappa shape index (κ3) is 3.00. The molecule has 0 radical (unpaired) electrons. The van der Waals surface area contributed by atoms with E-state index in [-0.39, 0.29) is 0 Å². The van der Waals surface area contributed by atoms with Crippen molar-refractivity contribution in [3.05, 3.63) is 70.7 Å². The molecule has 3 heteroatoms. The number of unbranched alkanes of at least 4 members (excludes halogenated alkanes) is 1. The number of nitrogens with two attached hydrogens (primary N) is 1. The summed E-state index contributed by atoms with van der Waals surface area (Å²) in [6, 6.07) is 19.3. The van der Waals surface area contributed by atoms with Crippen LogP contribution in [0.15, 0.2) is 54.6 Å². The number of fused-ring (bicyclic) bond motifs is 2. The number of hydrogen-bond acceptors (Lipinski definition) is 1. The molecule has 0 saturated heterocycles. The van der Waals surface area contributed by atoms with Crippen molar-refractivity contribution in [1.29, 1.82) is 0 Å². The van der Waals surface area contributed by atoms with Gasteiger partial charge in [-0.3, -0.25) is 0 Å². The highest BCUT2D eigenvalue weighted by Gasteiger charge is 2.15. The number of aromatic nitrogens is 1. The van der Waals surface area contributed by atoms with E-state index in [9.17, 15) is 0 Å². The molecule has 0 amide bonds. The van der Waals surface area contributed by atoms with Gasteiger partial charge in [-0.25, -0.2) is 0 Å². The molecule has 0 atom stereocenters. The van der Waals surface area contributed by atoms with Crippen LogP contribution in [0.1, 0.15) is 24.0 Å². The molecule has 4 rings (SSSR count). The first-order chi connectivity index (χ1) is 12.7. The first kappa shape index (κ1) is 17.1. The van der Waals surface area contributed by atoms with Gasteiger partial charge in [-0.15, -0.1) is 0 Å². The van der Waals surface area contributed by atoms with E-state index in [1.54, 1.807) is 0 Å². The Morgan fingerprint density at radius 3 is 2.58 bits per heavy atom. The summed E-state index contributed by atoms with van der Waals surface area (Å²) >= 11 is 6.36. The lowest BCUT2D eigenvalue weighted by Gasteiger charge is -2.07. The lowest BCUT2D eigenvalue weighted by molar-refractivity contribution is 0.748. The van der Waals surface area contributed by atoms with E-state index in [0.29, 0.717) is 0 Å². The SMILES string of the molecule is Cc1c(Cl)ccc2c(CCCCN)c(-c3ccc4ccccc4c3)[nH]c12. The van der Waals surface area contributed by atoms with Gasteiger partial charge in [0.2, 0.25) is 0 Å². The molecule has 0 unspecified atom stereocenters. The number of nitrogens with one attached hydrogen (secondary N) is 1. The summed E-state index contributed by atoms with van der Waals surface area (Å²) < 4.78 is 0. The number of benzene rings is 3. The molecule has 4 aromatic rings. The second kappa shape index (κ2) is 7.14. The molecular formula is C23H23ClN2. The van der Waals surface area contributed by atoms with Crippen LogP contribution in [0.25, 0.3) is 32.9 Å². The Labute approximate surface area is 159 Å². The number of H-pyrrole nitrogens is 1. The Hall–Kier alpha value is -2.29. The highest BCUT2D eigenvalue weighted by atomic mass is 35.5. The number of halogens is 1. The maximum Gasteiger partial charge on any atom is 0.0506 e. The van der Waals surface area contributed by atoms with E-state index in [2.05, 4.69) is 60.4 Å². The van der Waals surface area contributed by atoms with E-state index in [0.717, 1.165) is 41.9 Å². The Morgan fingerprint density at radius 1 is 0.962 bits per heavy atom. The van der Waals surface area contributed by atoms with Crippen molar-refractivity contribution < 1.29 is 0 Å². The third-order valence-corrected chi connectivity index (χ3v) is 5.60. The molecular weight excluding hydrogens is 340 g/mol. The van der Waals surface area contributed by atoms with Crippen molar-refractivity contribution >= 4 is 33.3 Å². The summed E-state index contributed by atoms with van der Waals surface area (Å²) in [5.74, 6) is 0. The second-order valence-corrected chi connectivity index (χ2v) is 7.29. The maximum atomic E-state index is 6.36. The van der Waals surface area contributed by atoms with Gasteiger partial charge in [-0.2, -0.15) is 0 Å².